The second kappa shape index (κ2) is 11.9. The Morgan fingerprint density at radius 3 is 1.44 bits per heavy atom. The molecule has 0 spiro atoms. The molecule has 27 heavy (non-hydrogen) atoms. The van der Waals surface area contributed by atoms with E-state index in [0.29, 0.717) is 18.3 Å². The molecule has 0 bridgehead atoms. The van der Waals surface area contributed by atoms with E-state index in [9.17, 15) is 9.59 Å². The zero-order valence-corrected chi connectivity index (χ0v) is 16.9. The van der Waals surface area contributed by atoms with Gasteiger partial charge in [0.2, 0.25) is 0 Å². The molecular weight excluding hydrogens is 344 g/mol. The summed E-state index contributed by atoms with van der Waals surface area (Å²) in [4.78, 5) is 33.5. The fraction of sp³-hybridized carbons (Fsp3) is 0.810. The Balaban J connectivity index is 1.60. The number of hydrogen-bond acceptors (Lipinski definition) is 6. The molecular formula is C21H34N2O4. The quantitative estimate of drug-likeness (QED) is 0.332. The van der Waals surface area contributed by atoms with Crippen LogP contribution in [0.15, 0.2) is 10.3 Å². The van der Waals surface area contributed by atoms with Crippen LogP contribution >= 0.6 is 0 Å². The van der Waals surface area contributed by atoms with Crippen LogP contribution in [0.25, 0.3) is 0 Å². The van der Waals surface area contributed by atoms with Gasteiger partial charge < -0.3 is 9.68 Å². The normalized spacial score (nSPS) is 20.4. The topological polar surface area (TPSA) is 77.3 Å². The van der Waals surface area contributed by atoms with Gasteiger partial charge in [-0.25, -0.2) is 9.59 Å². The Morgan fingerprint density at radius 2 is 1.07 bits per heavy atom. The van der Waals surface area contributed by atoms with Gasteiger partial charge in [-0.2, -0.15) is 0 Å². The van der Waals surface area contributed by atoms with Crippen LogP contribution in [0.3, 0.4) is 0 Å². The van der Waals surface area contributed by atoms with Gasteiger partial charge in [0.1, 0.15) is 0 Å². The lowest BCUT2D eigenvalue weighted by atomic mass is 9.86. The minimum atomic E-state index is -0.403. The number of nitrogens with zero attached hydrogens (tertiary/aromatic N) is 2. The lowest BCUT2D eigenvalue weighted by molar-refractivity contribution is -0.145. The summed E-state index contributed by atoms with van der Waals surface area (Å²) in [6.07, 6.45) is 12.6. The number of carbonyl (C=O) groups is 2. The van der Waals surface area contributed by atoms with E-state index < -0.39 is 11.9 Å². The molecule has 0 radical (unpaired) electrons. The van der Waals surface area contributed by atoms with E-state index in [1.165, 1.54) is 38.5 Å². The van der Waals surface area contributed by atoms with Crippen molar-refractivity contribution in [1.82, 2.24) is 0 Å². The summed E-state index contributed by atoms with van der Waals surface area (Å²) in [5, 5.41) is 7.97. The van der Waals surface area contributed by atoms with Crippen molar-refractivity contribution < 1.29 is 19.3 Å². The third kappa shape index (κ3) is 8.22. The second-order valence-electron chi connectivity index (χ2n) is 7.92. The zero-order valence-electron chi connectivity index (χ0n) is 16.9. The molecule has 2 fully saturated rings. The van der Waals surface area contributed by atoms with E-state index in [1.807, 2.05) is 13.8 Å². The molecule has 2 rings (SSSR count). The Labute approximate surface area is 162 Å². The molecule has 0 atom stereocenters. The highest BCUT2D eigenvalue weighted by atomic mass is 16.7. The summed E-state index contributed by atoms with van der Waals surface area (Å²) in [5.74, 6) is 0.0679. The first-order valence-electron chi connectivity index (χ1n) is 10.5. The number of rotatable bonds is 8. The lowest BCUT2D eigenvalue weighted by Gasteiger charge is -2.20. The van der Waals surface area contributed by atoms with Crippen molar-refractivity contribution in [3.05, 3.63) is 0 Å². The van der Waals surface area contributed by atoms with Crippen molar-refractivity contribution in [3.63, 3.8) is 0 Å². The third-order valence-corrected chi connectivity index (χ3v) is 5.74. The van der Waals surface area contributed by atoms with Crippen LogP contribution in [-0.4, -0.2) is 23.4 Å². The van der Waals surface area contributed by atoms with Crippen LogP contribution in [-0.2, 0) is 19.3 Å². The average molecular weight is 379 g/mol. The van der Waals surface area contributed by atoms with Crippen LogP contribution in [0.4, 0.5) is 0 Å². The summed E-state index contributed by atoms with van der Waals surface area (Å²) in [6, 6.07) is 0. The highest BCUT2D eigenvalue weighted by Gasteiger charge is 2.18. The fourth-order valence-corrected chi connectivity index (χ4v) is 3.90. The van der Waals surface area contributed by atoms with Crippen LogP contribution in [0.1, 0.15) is 97.3 Å². The molecule has 0 aromatic heterocycles. The molecule has 6 heteroatoms. The summed E-state index contributed by atoms with van der Waals surface area (Å²) in [5.41, 5.74) is 1.80. The van der Waals surface area contributed by atoms with Crippen molar-refractivity contribution in [1.29, 1.82) is 0 Å². The molecule has 2 saturated carbocycles. The Kier molecular flexibility index (Phi) is 9.50. The molecule has 0 N–H and O–H groups in total. The van der Waals surface area contributed by atoms with Gasteiger partial charge in [-0.1, -0.05) is 48.8 Å². The molecule has 0 amide bonds. The minimum absolute atomic E-state index is 0.155. The number of oxime groups is 2. The first-order chi connectivity index (χ1) is 13.1. The highest BCUT2D eigenvalue weighted by molar-refractivity contribution is 5.85. The maximum atomic E-state index is 11.8. The van der Waals surface area contributed by atoms with E-state index in [4.69, 9.17) is 9.68 Å². The van der Waals surface area contributed by atoms with Gasteiger partial charge in [0.25, 0.3) is 0 Å². The molecule has 0 saturated heterocycles. The Hall–Kier alpha value is -1.72. The molecule has 0 aromatic rings. The van der Waals surface area contributed by atoms with E-state index >= 15 is 0 Å². The van der Waals surface area contributed by atoms with Crippen LogP contribution in [0.5, 0.6) is 0 Å². The monoisotopic (exact) mass is 378 g/mol. The molecule has 152 valence electrons. The van der Waals surface area contributed by atoms with Gasteiger partial charge in [0.15, 0.2) is 0 Å². The van der Waals surface area contributed by atoms with E-state index in [0.717, 1.165) is 37.1 Å². The van der Waals surface area contributed by atoms with E-state index in [2.05, 4.69) is 10.3 Å². The minimum Gasteiger partial charge on any atom is -0.318 e. The van der Waals surface area contributed by atoms with Crippen molar-refractivity contribution in [2.75, 3.05) is 0 Å². The smallest absolute Gasteiger partial charge is 0.318 e. The fourth-order valence-electron chi connectivity index (χ4n) is 3.90. The lowest BCUT2D eigenvalue weighted by Crippen LogP contribution is -2.16. The Morgan fingerprint density at radius 1 is 0.704 bits per heavy atom. The molecule has 0 heterocycles. The predicted octanol–water partition coefficient (Wildman–Crippen LogP) is 5.16. The van der Waals surface area contributed by atoms with Gasteiger partial charge in [0.05, 0.1) is 11.4 Å². The third-order valence-electron chi connectivity index (χ3n) is 5.74. The molecule has 0 unspecified atom stereocenters. The maximum Gasteiger partial charge on any atom is 0.335 e. The van der Waals surface area contributed by atoms with Gasteiger partial charge in [-0.05, 0) is 46.0 Å². The second-order valence-corrected chi connectivity index (χ2v) is 7.92. The van der Waals surface area contributed by atoms with Gasteiger partial charge >= 0.3 is 11.9 Å². The highest BCUT2D eigenvalue weighted by Crippen LogP contribution is 2.25. The summed E-state index contributed by atoms with van der Waals surface area (Å²) < 4.78 is 0. The SMILES string of the molecule is C/C(=N/OC(=O)CCCC(=O)O/N=C(\C)C1CCCCC1)C1CCCCC1. The maximum absolute atomic E-state index is 11.8. The molecule has 0 aromatic carbocycles. The largest absolute Gasteiger partial charge is 0.335 e. The number of carbonyl (C=O) groups excluding carboxylic acids is 2. The van der Waals surface area contributed by atoms with Crippen molar-refractivity contribution >= 4 is 23.4 Å². The van der Waals surface area contributed by atoms with E-state index in [-0.39, 0.29) is 12.8 Å². The van der Waals surface area contributed by atoms with Crippen molar-refractivity contribution in [2.45, 2.75) is 97.3 Å². The van der Waals surface area contributed by atoms with Crippen molar-refractivity contribution in [3.8, 4) is 0 Å². The summed E-state index contributed by atoms with van der Waals surface area (Å²) in [6.45, 7) is 3.85. The van der Waals surface area contributed by atoms with Crippen LogP contribution in [0.2, 0.25) is 0 Å². The summed E-state index contributed by atoms with van der Waals surface area (Å²) >= 11 is 0. The molecule has 0 aliphatic heterocycles. The van der Waals surface area contributed by atoms with Gasteiger partial charge in [0, 0.05) is 24.7 Å². The van der Waals surface area contributed by atoms with Crippen molar-refractivity contribution in [2.24, 2.45) is 22.1 Å². The average Bonchev–Trinajstić information content (AvgIpc) is 2.71. The molecule has 2 aliphatic rings. The van der Waals surface area contributed by atoms with Gasteiger partial charge in [-0.3, -0.25) is 0 Å². The zero-order chi connectivity index (χ0) is 19.5. The molecule has 2 aliphatic carbocycles. The van der Waals surface area contributed by atoms with Crippen LogP contribution < -0.4 is 0 Å². The number of hydrogen-bond donors (Lipinski definition) is 0. The Bertz CT molecular complexity index is 496. The first-order valence-corrected chi connectivity index (χ1v) is 10.5. The molecule has 6 nitrogen and oxygen atoms in total. The summed E-state index contributed by atoms with van der Waals surface area (Å²) in [7, 11) is 0. The van der Waals surface area contributed by atoms with E-state index in [1.54, 1.807) is 0 Å². The van der Waals surface area contributed by atoms with Crippen LogP contribution in [0, 0.1) is 11.8 Å². The van der Waals surface area contributed by atoms with Gasteiger partial charge in [-0.15, -0.1) is 0 Å². The predicted molar refractivity (Wildman–Crippen MR) is 105 cm³/mol. The standard InChI is InChI=1S/C21H34N2O4/c1-16(18-10-5-3-6-11-18)22-26-20(24)14-9-15-21(25)27-23-17(2)19-12-7-4-8-13-19/h18-19H,3-15H2,1-2H3/b22-16-,23-17+. The first kappa shape index (κ1) is 21.6.